The van der Waals surface area contributed by atoms with Crippen molar-refractivity contribution in [2.75, 3.05) is 50.0 Å². The van der Waals surface area contributed by atoms with E-state index >= 15 is 0 Å². The second-order valence-electron chi connectivity index (χ2n) is 8.66. The van der Waals surface area contributed by atoms with Crippen LogP contribution in [0.15, 0.2) is 12.4 Å². The molecule has 0 amide bonds. The molecule has 0 radical (unpaired) electrons. The zero-order valence-corrected chi connectivity index (χ0v) is 22.0. The molecule has 0 saturated carbocycles. The monoisotopic (exact) mass is 584 g/mol. The van der Waals surface area contributed by atoms with Crippen LogP contribution < -0.4 is 4.90 Å². The summed E-state index contributed by atoms with van der Waals surface area (Å²) in [6, 6.07) is 0. The summed E-state index contributed by atoms with van der Waals surface area (Å²) >= 11 is 8.39. The number of sulfonamides is 1. The average Bonchev–Trinajstić information content (AvgIpc) is 2.75. The van der Waals surface area contributed by atoms with E-state index < -0.39 is 10.0 Å². The minimum Gasteiger partial charge on any atom is -0.380 e. The Bertz CT molecular complexity index is 767. The number of alkyl halides is 1. The lowest BCUT2D eigenvalue weighted by Crippen LogP contribution is -2.40. The summed E-state index contributed by atoms with van der Waals surface area (Å²) in [6.07, 6.45) is 9.26. The molecule has 1 aromatic rings. The van der Waals surface area contributed by atoms with Crippen LogP contribution in [0.25, 0.3) is 0 Å². The summed E-state index contributed by atoms with van der Waals surface area (Å²) in [4.78, 5) is 10.9. The number of hydrogen-bond donors (Lipinski definition) is 0. The van der Waals surface area contributed by atoms with E-state index in [0.717, 1.165) is 57.9 Å². The Labute approximate surface area is 205 Å². The van der Waals surface area contributed by atoms with Gasteiger partial charge in [-0.1, -0.05) is 41.1 Å². The minimum atomic E-state index is -3.06. The molecule has 3 rings (SSSR count). The van der Waals surface area contributed by atoms with Crippen molar-refractivity contribution in [1.82, 2.24) is 14.3 Å². The number of nitrogens with zero attached hydrogens (tertiary/aromatic N) is 4. The van der Waals surface area contributed by atoms with Crippen molar-refractivity contribution < 1.29 is 13.2 Å². The van der Waals surface area contributed by atoms with Crippen LogP contribution in [-0.4, -0.2) is 71.8 Å². The molecule has 1 atom stereocenters. The summed E-state index contributed by atoms with van der Waals surface area (Å²) in [5.41, 5.74) is 0. The van der Waals surface area contributed by atoms with Gasteiger partial charge in [-0.15, -0.1) is 0 Å². The van der Waals surface area contributed by atoms with Gasteiger partial charge in [-0.25, -0.2) is 22.7 Å². The van der Waals surface area contributed by atoms with Gasteiger partial charge >= 0.3 is 0 Å². The lowest BCUT2D eigenvalue weighted by molar-refractivity contribution is 0.0790. The van der Waals surface area contributed by atoms with Crippen LogP contribution in [0.4, 0.5) is 5.95 Å². The van der Waals surface area contributed by atoms with E-state index in [1.807, 2.05) is 6.92 Å². The molecule has 7 nitrogen and oxygen atoms in total. The maximum absolute atomic E-state index is 12.2. The highest BCUT2D eigenvalue weighted by Gasteiger charge is 2.28. The van der Waals surface area contributed by atoms with Crippen LogP contribution in [0.2, 0.25) is 5.02 Å². The molecule has 0 N–H and O–H groups in total. The second-order valence-corrected chi connectivity index (χ2v) is 12.9. The summed E-state index contributed by atoms with van der Waals surface area (Å²) in [5, 5.41) is 0.568. The molecule has 2 aliphatic heterocycles. The Morgan fingerprint density at radius 1 is 1.13 bits per heavy atom. The van der Waals surface area contributed by atoms with Crippen molar-refractivity contribution in [3.63, 3.8) is 0 Å². The molecule has 1 aromatic heterocycles. The lowest BCUT2D eigenvalue weighted by atomic mass is 9.92. The fourth-order valence-electron chi connectivity index (χ4n) is 4.37. The van der Waals surface area contributed by atoms with Crippen LogP contribution in [-0.2, 0) is 14.8 Å². The molecule has 2 saturated heterocycles. The third-order valence-electron chi connectivity index (χ3n) is 6.17. The van der Waals surface area contributed by atoms with Crippen molar-refractivity contribution in [2.45, 2.75) is 49.4 Å². The van der Waals surface area contributed by atoms with Crippen LogP contribution in [0, 0.1) is 11.8 Å². The van der Waals surface area contributed by atoms with E-state index in [9.17, 15) is 8.42 Å². The Morgan fingerprint density at radius 3 is 2.35 bits per heavy atom. The van der Waals surface area contributed by atoms with E-state index in [-0.39, 0.29) is 5.75 Å². The maximum Gasteiger partial charge on any atom is 0.225 e. The number of piperidine rings is 2. The number of rotatable bonds is 10. The van der Waals surface area contributed by atoms with E-state index in [1.165, 1.54) is 6.42 Å². The molecule has 0 aliphatic carbocycles. The van der Waals surface area contributed by atoms with Gasteiger partial charge in [0.15, 0.2) is 0 Å². The highest BCUT2D eigenvalue weighted by atomic mass is 127. The second kappa shape index (κ2) is 12.3. The fraction of sp³-hybridized carbons (Fsp3) is 0.810. The van der Waals surface area contributed by atoms with Crippen LogP contribution in [0.5, 0.6) is 0 Å². The van der Waals surface area contributed by atoms with Gasteiger partial charge < -0.3 is 9.64 Å². The van der Waals surface area contributed by atoms with Crippen molar-refractivity contribution >= 4 is 50.2 Å². The number of halogens is 2. The van der Waals surface area contributed by atoms with Crippen LogP contribution in [0.1, 0.15) is 45.4 Å². The van der Waals surface area contributed by atoms with Gasteiger partial charge in [0.05, 0.1) is 29.8 Å². The Kier molecular flexibility index (Phi) is 10.1. The number of hydrogen-bond acceptors (Lipinski definition) is 6. The molecule has 2 aliphatic rings. The summed E-state index contributed by atoms with van der Waals surface area (Å²) in [7, 11) is -3.06. The van der Waals surface area contributed by atoms with Gasteiger partial charge in [-0.3, -0.25) is 0 Å². The zero-order chi connectivity index (χ0) is 22.3. The highest BCUT2D eigenvalue weighted by molar-refractivity contribution is 14.1. The van der Waals surface area contributed by atoms with E-state index in [1.54, 1.807) is 16.7 Å². The zero-order valence-electron chi connectivity index (χ0n) is 18.3. The van der Waals surface area contributed by atoms with Crippen molar-refractivity contribution in [2.24, 2.45) is 11.8 Å². The first kappa shape index (κ1) is 25.4. The SMILES string of the molecule is CCCS(=O)(=O)N1CCC(COC[C@H](I)CC2CCN(c3ncc(Cl)cn3)CC2)CC1. The van der Waals surface area contributed by atoms with Crippen LogP contribution >= 0.6 is 34.2 Å². The number of aromatic nitrogens is 2. The first-order valence-corrected chi connectivity index (χ1v) is 14.5. The van der Waals surface area contributed by atoms with Crippen molar-refractivity contribution in [3.05, 3.63) is 17.4 Å². The Balaban J connectivity index is 1.29. The molecule has 0 spiro atoms. The predicted octanol–water partition coefficient (Wildman–Crippen LogP) is 4.01. The Hall–Kier alpha value is -0.230. The molecular weight excluding hydrogens is 551 g/mol. The standard InChI is InChI=1S/C21H34ClIN4O3S/c1-2-11-31(28,29)27-9-5-18(6-10-27)15-30-16-20(23)12-17-3-7-26(8-4-17)21-24-13-19(22)14-25-21/h13-14,17-18,20H,2-12,15-16H2,1H3/t20-/m1/s1. The van der Waals surface area contributed by atoms with Crippen LogP contribution in [0.3, 0.4) is 0 Å². The maximum atomic E-state index is 12.2. The summed E-state index contributed by atoms with van der Waals surface area (Å²) < 4.78 is 32.6. The molecule has 0 aromatic carbocycles. The average molecular weight is 585 g/mol. The third kappa shape index (κ3) is 7.94. The van der Waals surface area contributed by atoms with Gasteiger partial charge in [-0.05, 0) is 50.4 Å². The molecular formula is C21H34ClIN4O3S. The molecule has 31 heavy (non-hydrogen) atoms. The third-order valence-corrected chi connectivity index (χ3v) is 9.31. The van der Waals surface area contributed by atoms with E-state index in [4.69, 9.17) is 16.3 Å². The molecule has 10 heteroatoms. The summed E-state index contributed by atoms with van der Waals surface area (Å²) in [6.45, 7) is 6.67. The summed E-state index contributed by atoms with van der Waals surface area (Å²) in [5.74, 6) is 2.21. The van der Waals surface area contributed by atoms with E-state index in [2.05, 4.69) is 37.5 Å². The lowest BCUT2D eigenvalue weighted by Gasteiger charge is -2.33. The fourth-order valence-corrected chi connectivity index (χ4v) is 6.98. The molecule has 2 fully saturated rings. The minimum absolute atomic E-state index is 0.260. The van der Waals surface area contributed by atoms with Crippen molar-refractivity contribution in [3.8, 4) is 0 Å². The highest BCUT2D eigenvalue weighted by Crippen LogP contribution is 2.27. The van der Waals surface area contributed by atoms with Gasteiger partial charge in [0.1, 0.15) is 0 Å². The smallest absolute Gasteiger partial charge is 0.225 e. The number of ether oxygens (including phenoxy) is 1. The largest absolute Gasteiger partial charge is 0.380 e. The van der Waals surface area contributed by atoms with Gasteiger partial charge in [0, 0.05) is 36.7 Å². The quantitative estimate of drug-likeness (QED) is 0.306. The van der Waals surface area contributed by atoms with Crippen molar-refractivity contribution in [1.29, 1.82) is 0 Å². The van der Waals surface area contributed by atoms with Gasteiger partial charge in [0.25, 0.3) is 0 Å². The molecule has 0 unspecified atom stereocenters. The first-order valence-electron chi connectivity index (χ1n) is 11.3. The molecule has 176 valence electrons. The molecule has 3 heterocycles. The number of anilines is 1. The van der Waals surface area contributed by atoms with E-state index in [0.29, 0.717) is 40.3 Å². The van der Waals surface area contributed by atoms with Gasteiger partial charge in [-0.2, -0.15) is 0 Å². The normalized spacial score (nSPS) is 20.8. The predicted molar refractivity (Wildman–Crippen MR) is 134 cm³/mol. The first-order chi connectivity index (χ1) is 14.9. The van der Waals surface area contributed by atoms with Gasteiger partial charge in [0.2, 0.25) is 16.0 Å². The molecule has 0 bridgehead atoms. The Morgan fingerprint density at radius 2 is 1.74 bits per heavy atom. The topological polar surface area (TPSA) is 75.6 Å².